The van der Waals surface area contributed by atoms with Crippen LogP contribution in [0, 0.1) is 0 Å². The van der Waals surface area contributed by atoms with Crippen molar-refractivity contribution in [2.75, 3.05) is 33.7 Å². The molecule has 1 fully saturated rings. The third-order valence-electron chi connectivity index (χ3n) is 9.14. The number of aromatic amines is 1. The third-order valence-corrected chi connectivity index (χ3v) is 9.14. The van der Waals surface area contributed by atoms with Gasteiger partial charge in [0, 0.05) is 67.7 Å². The van der Waals surface area contributed by atoms with Crippen LogP contribution >= 0.6 is 0 Å². The van der Waals surface area contributed by atoms with Crippen LogP contribution in [0.3, 0.4) is 0 Å². The molecule has 3 unspecified atom stereocenters. The molecule has 0 bridgehead atoms. The van der Waals surface area contributed by atoms with E-state index in [4.69, 9.17) is 5.73 Å². The number of nitrogens with two attached hydrogens (primary N) is 1. The monoisotopic (exact) mass is 572 g/mol. The highest BCUT2D eigenvalue weighted by molar-refractivity contribution is 5.90. The molecule has 2 aromatic carbocycles. The van der Waals surface area contributed by atoms with Crippen LogP contribution in [0.15, 0.2) is 54.7 Å². The molecular weight excluding hydrogens is 528 g/mol. The van der Waals surface area contributed by atoms with Gasteiger partial charge in [-0.3, -0.25) is 9.59 Å². The third kappa shape index (κ3) is 5.75. The molecule has 0 radical (unpaired) electrons. The van der Waals surface area contributed by atoms with Crippen molar-refractivity contribution in [3.05, 3.63) is 71.4 Å². The van der Waals surface area contributed by atoms with Gasteiger partial charge in [-0.15, -0.1) is 0 Å². The van der Waals surface area contributed by atoms with Gasteiger partial charge in [-0.05, 0) is 55.9 Å². The number of nitrogens with one attached hydrogen (secondary N) is 3. The Morgan fingerprint density at radius 3 is 2.45 bits per heavy atom. The van der Waals surface area contributed by atoms with Gasteiger partial charge in [0.2, 0.25) is 11.8 Å². The zero-order valence-corrected chi connectivity index (χ0v) is 25.4. The molecule has 3 atom stereocenters. The van der Waals surface area contributed by atoms with Crippen molar-refractivity contribution in [3.63, 3.8) is 0 Å². The Morgan fingerprint density at radius 2 is 1.76 bits per heavy atom. The summed E-state index contributed by atoms with van der Waals surface area (Å²) in [6.07, 6.45) is 4.24. The van der Waals surface area contributed by atoms with E-state index in [-0.39, 0.29) is 35.6 Å². The normalized spacial score (nSPS) is 19.3. The summed E-state index contributed by atoms with van der Waals surface area (Å²) in [5.41, 5.74) is 9.68. The van der Waals surface area contributed by atoms with E-state index in [0.717, 1.165) is 41.3 Å². The fraction of sp³-hybridized carbons (Fsp3) is 0.485. The predicted molar refractivity (Wildman–Crippen MR) is 165 cm³/mol. The summed E-state index contributed by atoms with van der Waals surface area (Å²) in [7, 11) is 3.62. The second-order valence-electron chi connectivity index (χ2n) is 13.1. The topological polar surface area (TPSA) is 124 Å². The number of likely N-dealkylation sites (tertiary alicyclic amines) is 1. The molecule has 0 saturated carbocycles. The van der Waals surface area contributed by atoms with E-state index in [1.807, 2.05) is 82.4 Å². The average molecular weight is 573 g/mol. The molecule has 9 heteroatoms. The molecule has 3 aromatic rings. The number of hydrogen-bond donors (Lipinski definition) is 4. The fourth-order valence-electron chi connectivity index (χ4n) is 6.80. The molecule has 1 aliphatic carbocycles. The highest BCUT2D eigenvalue weighted by Crippen LogP contribution is 2.52. The van der Waals surface area contributed by atoms with Crippen LogP contribution in [-0.4, -0.2) is 77.9 Å². The summed E-state index contributed by atoms with van der Waals surface area (Å²) in [5.74, 6) is -0.418. The van der Waals surface area contributed by atoms with E-state index in [1.165, 1.54) is 5.56 Å². The smallest absolute Gasteiger partial charge is 0.315 e. The second-order valence-corrected chi connectivity index (χ2v) is 13.1. The van der Waals surface area contributed by atoms with E-state index in [2.05, 4.69) is 27.8 Å². The molecule has 4 amide bonds. The summed E-state index contributed by atoms with van der Waals surface area (Å²) < 4.78 is 0. The summed E-state index contributed by atoms with van der Waals surface area (Å²) in [6.45, 7) is 7.07. The first-order valence-electron chi connectivity index (χ1n) is 14.9. The molecule has 1 aliphatic heterocycles. The minimum atomic E-state index is -0.766. The van der Waals surface area contributed by atoms with Gasteiger partial charge in [-0.1, -0.05) is 49.4 Å². The molecule has 2 heterocycles. The lowest BCUT2D eigenvalue weighted by molar-refractivity contribution is -0.136. The van der Waals surface area contributed by atoms with Crippen LogP contribution < -0.4 is 16.4 Å². The Labute approximate surface area is 248 Å². The number of carbonyl (C=O) groups excluding carboxylic acids is 3. The number of fused-ring (bicyclic) bond motifs is 3. The zero-order valence-electron chi connectivity index (χ0n) is 25.4. The van der Waals surface area contributed by atoms with Crippen molar-refractivity contribution in [1.29, 1.82) is 0 Å². The van der Waals surface area contributed by atoms with Gasteiger partial charge >= 0.3 is 6.03 Å². The van der Waals surface area contributed by atoms with Crippen molar-refractivity contribution in [3.8, 4) is 0 Å². The molecule has 1 aromatic heterocycles. The number of urea groups is 1. The van der Waals surface area contributed by atoms with E-state index < -0.39 is 17.6 Å². The van der Waals surface area contributed by atoms with Gasteiger partial charge in [0.1, 0.15) is 6.04 Å². The SMILES string of the molecule is CC(c1c[nH]c2ccccc12)C(NC(=O)NCC(C)(C)N)C(=O)N1CCC2(CC1)CC(C(=O)N(C)C)c1ccccc12. The first-order valence-corrected chi connectivity index (χ1v) is 14.9. The predicted octanol–water partition coefficient (Wildman–Crippen LogP) is 3.81. The van der Waals surface area contributed by atoms with Crippen LogP contribution in [0.2, 0.25) is 0 Å². The van der Waals surface area contributed by atoms with E-state index in [0.29, 0.717) is 13.1 Å². The van der Waals surface area contributed by atoms with Crippen LogP contribution in [0.1, 0.15) is 68.6 Å². The molecule has 42 heavy (non-hydrogen) atoms. The number of nitrogens with zero attached hydrogens (tertiary/aromatic N) is 2. The number of piperidine rings is 1. The van der Waals surface area contributed by atoms with Crippen LogP contribution in [0.25, 0.3) is 10.9 Å². The number of likely N-dealkylation sites (N-methyl/N-ethyl adjacent to an activating group) is 1. The maximum Gasteiger partial charge on any atom is 0.315 e. The number of H-pyrrole nitrogens is 1. The lowest BCUT2D eigenvalue weighted by atomic mass is 9.73. The number of aromatic nitrogens is 1. The number of benzene rings is 2. The molecular formula is C33H44N6O3. The van der Waals surface area contributed by atoms with Gasteiger partial charge in [0.25, 0.3) is 0 Å². The molecule has 9 nitrogen and oxygen atoms in total. The highest BCUT2D eigenvalue weighted by atomic mass is 16.2. The first kappa shape index (κ1) is 29.6. The number of amides is 4. The summed E-state index contributed by atoms with van der Waals surface area (Å²) in [4.78, 5) is 47.2. The fourth-order valence-corrected chi connectivity index (χ4v) is 6.80. The van der Waals surface area contributed by atoms with Gasteiger partial charge in [0.05, 0.1) is 5.92 Å². The standard InChI is InChI=1S/C33H44N6O3/c1-21(25-19-35-27-13-9-7-11-23(25)27)28(37-31(42)36-20-32(2,3)34)30(41)39-16-14-33(15-17-39)18-24(29(40)38(4)5)22-10-6-8-12-26(22)33/h6-13,19,21,24,28,35H,14-18,20,34H2,1-5H3,(H2,36,37,42). The van der Waals surface area contributed by atoms with Crippen molar-refractivity contribution in [2.24, 2.45) is 5.73 Å². The lowest BCUT2D eigenvalue weighted by Crippen LogP contribution is -2.57. The zero-order chi connectivity index (χ0) is 30.2. The van der Waals surface area contributed by atoms with Gasteiger partial charge in [-0.25, -0.2) is 4.79 Å². The summed E-state index contributed by atoms with van der Waals surface area (Å²) in [6, 6.07) is 15.1. The molecule has 224 valence electrons. The largest absolute Gasteiger partial charge is 0.361 e. The Kier molecular flexibility index (Phi) is 8.07. The number of rotatable bonds is 7. The lowest BCUT2D eigenvalue weighted by Gasteiger charge is -2.42. The molecule has 5 rings (SSSR count). The number of hydrogen-bond acceptors (Lipinski definition) is 4. The first-order chi connectivity index (χ1) is 19.9. The van der Waals surface area contributed by atoms with Crippen LogP contribution in [0.5, 0.6) is 0 Å². The molecule has 5 N–H and O–H groups in total. The van der Waals surface area contributed by atoms with Crippen LogP contribution in [0.4, 0.5) is 4.79 Å². The Bertz CT molecular complexity index is 1460. The maximum atomic E-state index is 14.2. The summed E-state index contributed by atoms with van der Waals surface area (Å²) in [5, 5.41) is 6.86. The van der Waals surface area contributed by atoms with Gasteiger partial charge < -0.3 is 31.2 Å². The number of carbonyl (C=O) groups is 3. The molecule has 1 spiro atoms. The summed E-state index contributed by atoms with van der Waals surface area (Å²) >= 11 is 0. The van der Waals surface area contributed by atoms with Gasteiger partial charge in [-0.2, -0.15) is 0 Å². The van der Waals surface area contributed by atoms with E-state index >= 15 is 0 Å². The minimum absolute atomic E-state index is 0.100. The quantitative estimate of drug-likeness (QED) is 0.344. The number of para-hydroxylation sites is 1. The van der Waals surface area contributed by atoms with Crippen molar-refractivity contribution in [1.82, 2.24) is 25.4 Å². The minimum Gasteiger partial charge on any atom is -0.361 e. The second kappa shape index (κ2) is 11.4. The molecule has 1 saturated heterocycles. The van der Waals surface area contributed by atoms with E-state index in [9.17, 15) is 14.4 Å². The Hall–Kier alpha value is -3.85. The van der Waals surface area contributed by atoms with Crippen LogP contribution in [-0.2, 0) is 15.0 Å². The maximum absolute atomic E-state index is 14.2. The van der Waals surface area contributed by atoms with Crippen molar-refractivity contribution in [2.45, 2.75) is 68.9 Å². The Balaban J connectivity index is 1.37. The van der Waals surface area contributed by atoms with Crippen molar-refractivity contribution >= 4 is 28.7 Å². The molecule has 2 aliphatic rings. The highest BCUT2D eigenvalue weighted by Gasteiger charge is 2.49. The van der Waals surface area contributed by atoms with Crippen molar-refractivity contribution < 1.29 is 14.4 Å². The Morgan fingerprint density at radius 1 is 1.10 bits per heavy atom. The average Bonchev–Trinajstić information content (AvgIpc) is 3.54. The van der Waals surface area contributed by atoms with Gasteiger partial charge in [0.15, 0.2) is 0 Å². The van der Waals surface area contributed by atoms with E-state index in [1.54, 1.807) is 4.90 Å².